The monoisotopic (exact) mass is 406 g/mol. The molecule has 0 spiro atoms. The first-order valence-electron chi connectivity index (χ1n) is 9.52. The third kappa shape index (κ3) is 6.10. The van der Waals surface area contributed by atoms with Crippen LogP contribution in [0.2, 0.25) is 0 Å². The summed E-state index contributed by atoms with van der Waals surface area (Å²) in [5.74, 6) is 0.0516. The highest BCUT2D eigenvalue weighted by molar-refractivity contribution is 5.63. The number of aryl methyl sites for hydroxylation is 2. The lowest BCUT2D eigenvalue weighted by Gasteiger charge is -2.19. The number of hydrogen-bond donors (Lipinski definition) is 2. The van der Waals surface area contributed by atoms with E-state index < -0.39 is 18.4 Å². The van der Waals surface area contributed by atoms with Gasteiger partial charge in [0.15, 0.2) is 0 Å². The number of rotatable bonds is 8. The Kier molecular flexibility index (Phi) is 7.05. The van der Waals surface area contributed by atoms with Gasteiger partial charge in [-0.05, 0) is 35.6 Å². The molecule has 0 aliphatic heterocycles. The third-order valence-corrected chi connectivity index (χ3v) is 4.70. The van der Waals surface area contributed by atoms with E-state index in [0.717, 1.165) is 18.4 Å². The van der Waals surface area contributed by atoms with Crippen molar-refractivity contribution in [2.75, 3.05) is 0 Å². The Morgan fingerprint density at radius 2 is 1.27 bits per heavy atom. The molecule has 154 valence electrons. The summed E-state index contributed by atoms with van der Waals surface area (Å²) in [6.45, 7) is 0. The number of carbonyl (C=O) groups is 2. The summed E-state index contributed by atoms with van der Waals surface area (Å²) in [5, 5.41) is 18.1. The summed E-state index contributed by atoms with van der Waals surface area (Å²) in [5.41, 5.74) is 3.67. The van der Waals surface area contributed by atoms with Crippen LogP contribution in [0.15, 0.2) is 78.9 Å². The van der Waals surface area contributed by atoms with Crippen molar-refractivity contribution in [2.45, 2.75) is 25.4 Å². The molecule has 0 fully saturated rings. The molecule has 6 heteroatoms. The Morgan fingerprint density at radius 3 is 1.90 bits per heavy atom. The first-order chi connectivity index (χ1) is 14.5. The maximum absolute atomic E-state index is 11.2. The second-order valence-electron chi connectivity index (χ2n) is 6.78. The molecular weight excluding hydrogens is 384 g/mol. The summed E-state index contributed by atoms with van der Waals surface area (Å²) in [4.78, 5) is 22.1. The van der Waals surface area contributed by atoms with Crippen molar-refractivity contribution < 1.29 is 29.3 Å². The van der Waals surface area contributed by atoms with Gasteiger partial charge in [-0.2, -0.15) is 0 Å². The first kappa shape index (κ1) is 20.9. The van der Waals surface area contributed by atoms with Crippen LogP contribution in [-0.2, 0) is 24.0 Å². The van der Waals surface area contributed by atoms with Gasteiger partial charge in [0.2, 0.25) is 0 Å². The summed E-state index contributed by atoms with van der Waals surface area (Å²) in [6.07, 6.45) is -1.72. The van der Waals surface area contributed by atoms with E-state index in [0.29, 0.717) is 5.56 Å². The molecule has 0 bridgehead atoms. The Hall–Kier alpha value is -3.80. The second-order valence-corrected chi connectivity index (χ2v) is 6.78. The van der Waals surface area contributed by atoms with Gasteiger partial charge in [0.25, 0.3) is 0 Å². The first-order valence-corrected chi connectivity index (χ1v) is 9.52. The van der Waals surface area contributed by atoms with E-state index in [-0.39, 0.29) is 12.2 Å². The van der Waals surface area contributed by atoms with Gasteiger partial charge in [0.1, 0.15) is 11.9 Å². The summed E-state index contributed by atoms with van der Waals surface area (Å²) in [7, 11) is 0. The summed E-state index contributed by atoms with van der Waals surface area (Å²) < 4.78 is 9.82. The maximum atomic E-state index is 11.2. The lowest BCUT2D eigenvalue weighted by molar-refractivity contribution is 0.0503. The molecule has 6 nitrogen and oxygen atoms in total. The fourth-order valence-electron chi connectivity index (χ4n) is 3.26. The molecular formula is C24H22O6. The number of para-hydroxylation sites is 1. The van der Waals surface area contributed by atoms with Crippen molar-refractivity contribution in [1.82, 2.24) is 0 Å². The molecule has 0 saturated carbocycles. The molecule has 1 atom stereocenters. The van der Waals surface area contributed by atoms with Gasteiger partial charge in [-0.1, -0.05) is 72.8 Å². The molecule has 0 heterocycles. The highest BCUT2D eigenvalue weighted by Gasteiger charge is 2.22. The molecule has 0 amide bonds. The molecule has 0 radical (unpaired) electrons. The fraction of sp³-hybridized carbons (Fsp3) is 0.167. The molecule has 0 saturated heterocycles. The van der Waals surface area contributed by atoms with Crippen LogP contribution in [0.1, 0.15) is 28.4 Å². The topological polar surface area (TPSA) is 93.1 Å². The third-order valence-electron chi connectivity index (χ3n) is 4.70. The summed E-state index contributed by atoms with van der Waals surface area (Å²) >= 11 is 0. The largest absolute Gasteiger partial charge is 0.511 e. The Labute approximate surface area is 174 Å². The Morgan fingerprint density at radius 1 is 0.700 bits per heavy atom. The van der Waals surface area contributed by atoms with Crippen molar-refractivity contribution in [2.24, 2.45) is 0 Å². The van der Waals surface area contributed by atoms with Gasteiger partial charge in [-0.25, -0.2) is 9.59 Å². The second kappa shape index (κ2) is 10.1. The van der Waals surface area contributed by atoms with E-state index in [9.17, 15) is 9.59 Å². The number of hydrogen-bond acceptors (Lipinski definition) is 4. The van der Waals surface area contributed by atoms with Crippen LogP contribution in [0, 0.1) is 0 Å². The molecule has 0 aliphatic carbocycles. The Balaban J connectivity index is 1.72. The van der Waals surface area contributed by atoms with Crippen LogP contribution in [0.5, 0.6) is 5.75 Å². The number of benzene rings is 3. The normalized spacial score (nSPS) is 11.5. The zero-order valence-corrected chi connectivity index (χ0v) is 16.2. The lowest BCUT2D eigenvalue weighted by atomic mass is 9.98. The quantitative estimate of drug-likeness (QED) is 0.379. The van der Waals surface area contributed by atoms with E-state index >= 15 is 0 Å². The standard InChI is InChI=1S/C24H22O6/c25-23(26)29-21-9-5-4-8-20(21)22(30-24(27)28)16-19-14-12-18(13-15-19)11-10-17-6-2-1-3-7-17/h1-9,12-15,22H,10-11,16H2,(H,25,26)(H,27,28). The van der Waals surface area contributed by atoms with Crippen LogP contribution in [-0.4, -0.2) is 22.5 Å². The van der Waals surface area contributed by atoms with E-state index in [1.165, 1.54) is 17.2 Å². The SMILES string of the molecule is O=C(O)Oc1ccccc1C(Cc1ccc(CCc2ccccc2)cc1)OC(=O)O. The molecule has 3 aromatic carbocycles. The van der Waals surface area contributed by atoms with E-state index in [2.05, 4.69) is 12.1 Å². The zero-order chi connectivity index (χ0) is 21.3. The summed E-state index contributed by atoms with van der Waals surface area (Å²) in [6, 6.07) is 24.5. The van der Waals surface area contributed by atoms with Crippen molar-refractivity contribution in [3.05, 3.63) is 101 Å². The number of ether oxygens (including phenoxy) is 2. The molecule has 1 unspecified atom stereocenters. The van der Waals surface area contributed by atoms with Crippen LogP contribution in [0.4, 0.5) is 9.59 Å². The van der Waals surface area contributed by atoms with E-state index in [4.69, 9.17) is 19.7 Å². The highest BCUT2D eigenvalue weighted by atomic mass is 16.7. The molecule has 0 aliphatic rings. The average molecular weight is 406 g/mol. The van der Waals surface area contributed by atoms with Gasteiger partial charge in [0, 0.05) is 12.0 Å². The maximum Gasteiger partial charge on any atom is 0.511 e. The van der Waals surface area contributed by atoms with Crippen LogP contribution in [0.25, 0.3) is 0 Å². The molecule has 0 aromatic heterocycles. The Bertz CT molecular complexity index is 982. The number of carboxylic acid groups (broad SMARTS) is 2. The predicted molar refractivity (Wildman–Crippen MR) is 111 cm³/mol. The fourth-order valence-corrected chi connectivity index (χ4v) is 3.26. The van der Waals surface area contributed by atoms with Crippen LogP contribution < -0.4 is 4.74 Å². The van der Waals surface area contributed by atoms with Crippen LogP contribution in [0.3, 0.4) is 0 Å². The van der Waals surface area contributed by atoms with E-state index in [1.807, 2.05) is 42.5 Å². The molecule has 2 N–H and O–H groups in total. The van der Waals surface area contributed by atoms with Crippen molar-refractivity contribution in [3.8, 4) is 5.75 Å². The van der Waals surface area contributed by atoms with Crippen molar-refractivity contribution in [1.29, 1.82) is 0 Å². The van der Waals surface area contributed by atoms with Gasteiger partial charge >= 0.3 is 12.3 Å². The minimum Gasteiger partial charge on any atom is -0.450 e. The predicted octanol–water partition coefficient (Wildman–Crippen LogP) is 5.51. The lowest BCUT2D eigenvalue weighted by Crippen LogP contribution is -2.14. The molecule has 30 heavy (non-hydrogen) atoms. The molecule has 3 rings (SSSR count). The zero-order valence-electron chi connectivity index (χ0n) is 16.2. The van der Waals surface area contributed by atoms with Gasteiger partial charge < -0.3 is 19.7 Å². The minimum absolute atomic E-state index is 0.0516. The highest BCUT2D eigenvalue weighted by Crippen LogP contribution is 2.31. The van der Waals surface area contributed by atoms with E-state index in [1.54, 1.807) is 18.2 Å². The minimum atomic E-state index is -1.47. The van der Waals surface area contributed by atoms with Gasteiger partial charge in [-0.3, -0.25) is 0 Å². The van der Waals surface area contributed by atoms with Gasteiger partial charge in [0.05, 0.1) is 0 Å². The molecule has 3 aromatic rings. The van der Waals surface area contributed by atoms with Crippen molar-refractivity contribution >= 4 is 12.3 Å². The average Bonchev–Trinajstić information content (AvgIpc) is 2.73. The van der Waals surface area contributed by atoms with Crippen molar-refractivity contribution in [3.63, 3.8) is 0 Å². The van der Waals surface area contributed by atoms with Crippen LogP contribution >= 0.6 is 0 Å². The smallest absolute Gasteiger partial charge is 0.450 e. The van der Waals surface area contributed by atoms with Gasteiger partial charge in [-0.15, -0.1) is 0 Å².